The number of amides is 1. The zero-order valence-electron chi connectivity index (χ0n) is 13.6. The summed E-state index contributed by atoms with van der Waals surface area (Å²) in [6, 6.07) is 13.4. The second kappa shape index (κ2) is 8.56. The molecule has 0 spiro atoms. The van der Waals surface area contributed by atoms with Gasteiger partial charge >= 0.3 is 0 Å². The quantitative estimate of drug-likeness (QED) is 0.757. The molecular formula is C17H18Cl2N2O3S. The van der Waals surface area contributed by atoms with Crippen LogP contribution in [0.4, 0.5) is 11.4 Å². The van der Waals surface area contributed by atoms with Crippen molar-refractivity contribution in [2.75, 3.05) is 22.4 Å². The van der Waals surface area contributed by atoms with Gasteiger partial charge in [-0.15, -0.1) is 0 Å². The van der Waals surface area contributed by atoms with Gasteiger partial charge < -0.3 is 5.32 Å². The van der Waals surface area contributed by atoms with Gasteiger partial charge in [0.1, 0.15) is 0 Å². The van der Waals surface area contributed by atoms with Crippen LogP contribution < -0.4 is 9.62 Å². The predicted octanol–water partition coefficient (Wildman–Crippen LogP) is 4.18. The van der Waals surface area contributed by atoms with Crippen LogP contribution in [0.15, 0.2) is 48.5 Å². The maximum atomic E-state index is 12.0. The lowest BCUT2D eigenvalue weighted by atomic mass is 10.2. The number of carbonyl (C=O) groups is 1. The third-order valence-electron chi connectivity index (χ3n) is 3.39. The predicted molar refractivity (Wildman–Crippen MR) is 103 cm³/mol. The van der Waals surface area contributed by atoms with Crippen LogP contribution in [-0.2, 0) is 14.8 Å². The third kappa shape index (κ3) is 6.23. The molecule has 8 heteroatoms. The number of sulfonamides is 1. The molecule has 1 amide bonds. The smallest absolute Gasteiger partial charge is 0.232 e. The first-order valence-corrected chi connectivity index (χ1v) is 10.1. The molecule has 0 aliphatic heterocycles. The monoisotopic (exact) mass is 400 g/mol. The maximum Gasteiger partial charge on any atom is 0.232 e. The van der Waals surface area contributed by atoms with Crippen molar-refractivity contribution in [2.45, 2.75) is 12.8 Å². The molecule has 0 aromatic heterocycles. The number of hydrogen-bond donors (Lipinski definition) is 1. The number of nitrogens with one attached hydrogen (secondary N) is 1. The molecule has 0 aliphatic carbocycles. The van der Waals surface area contributed by atoms with Gasteiger partial charge in [-0.3, -0.25) is 9.10 Å². The molecule has 0 radical (unpaired) electrons. The van der Waals surface area contributed by atoms with Gasteiger partial charge in [0.15, 0.2) is 0 Å². The molecule has 0 aliphatic rings. The minimum atomic E-state index is -3.47. The first kappa shape index (κ1) is 19.6. The minimum Gasteiger partial charge on any atom is -0.326 e. The molecule has 2 rings (SSSR count). The summed E-state index contributed by atoms with van der Waals surface area (Å²) >= 11 is 11.7. The highest BCUT2D eigenvalue weighted by Gasteiger charge is 2.17. The van der Waals surface area contributed by atoms with Crippen LogP contribution in [0.2, 0.25) is 10.0 Å². The lowest BCUT2D eigenvalue weighted by Crippen LogP contribution is -2.31. The van der Waals surface area contributed by atoms with E-state index in [0.717, 1.165) is 6.26 Å². The number of halogens is 2. The van der Waals surface area contributed by atoms with E-state index in [1.165, 1.54) is 4.31 Å². The van der Waals surface area contributed by atoms with E-state index in [4.69, 9.17) is 23.2 Å². The zero-order chi connectivity index (χ0) is 18.4. The standard InChI is InChI=1S/C17H18Cl2N2O3S/c1-25(23,24)21(16-5-2-4-14(19)12-16)11-3-6-17(22)20-15-9-7-13(18)8-10-15/h2,4-5,7-10,12H,3,6,11H2,1H3,(H,20,22). The summed E-state index contributed by atoms with van der Waals surface area (Å²) in [5.74, 6) is -0.193. The van der Waals surface area contributed by atoms with Crippen LogP contribution in [0.3, 0.4) is 0 Å². The summed E-state index contributed by atoms with van der Waals surface area (Å²) in [5.41, 5.74) is 1.12. The Bertz CT molecular complexity index is 839. The molecule has 0 unspecified atom stereocenters. The lowest BCUT2D eigenvalue weighted by Gasteiger charge is -2.22. The minimum absolute atomic E-state index is 0.188. The largest absolute Gasteiger partial charge is 0.326 e. The van der Waals surface area contributed by atoms with E-state index in [9.17, 15) is 13.2 Å². The van der Waals surface area contributed by atoms with Gasteiger partial charge in [-0.2, -0.15) is 0 Å². The number of carbonyl (C=O) groups excluding carboxylic acids is 1. The second-order valence-electron chi connectivity index (χ2n) is 5.47. The van der Waals surface area contributed by atoms with Crippen molar-refractivity contribution in [1.29, 1.82) is 0 Å². The summed E-state index contributed by atoms with van der Waals surface area (Å²) in [6.45, 7) is 0.188. The van der Waals surface area contributed by atoms with Gasteiger partial charge in [0.25, 0.3) is 0 Å². The number of rotatable bonds is 7. The lowest BCUT2D eigenvalue weighted by molar-refractivity contribution is -0.116. The maximum absolute atomic E-state index is 12.0. The zero-order valence-corrected chi connectivity index (χ0v) is 15.9. The highest BCUT2D eigenvalue weighted by Crippen LogP contribution is 2.22. The fraction of sp³-hybridized carbons (Fsp3) is 0.235. The number of anilines is 2. The molecule has 0 heterocycles. The first-order chi connectivity index (χ1) is 11.8. The van der Waals surface area contributed by atoms with Gasteiger partial charge in [0.2, 0.25) is 15.9 Å². The van der Waals surface area contributed by atoms with Gasteiger partial charge in [0.05, 0.1) is 11.9 Å². The Labute approximate surface area is 157 Å². The summed E-state index contributed by atoms with van der Waals surface area (Å²) < 4.78 is 25.3. The molecule has 5 nitrogen and oxygen atoms in total. The van der Waals surface area contributed by atoms with Gasteiger partial charge in [-0.1, -0.05) is 29.3 Å². The van der Waals surface area contributed by atoms with Crippen LogP contribution in [0.1, 0.15) is 12.8 Å². The molecule has 0 fully saturated rings. The van der Waals surface area contributed by atoms with Crippen LogP contribution in [0.5, 0.6) is 0 Å². The highest BCUT2D eigenvalue weighted by molar-refractivity contribution is 7.92. The normalized spacial score (nSPS) is 11.2. The van der Waals surface area contributed by atoms with Gasteiger partial charge in [-0.25, -0.2) is 8.42 Å². The Morgan fingerprint density at radius 1 is 1.08 bits per heavy atom. The molecule has 0 saturated heterocycles. The van der Waals surface area contributed by atoms with Crippen molar-refractivity contribution in [3.63, 3.8) is 0 Å². The van der Waals surface area contributed by atoms with Crippen molar-refractivity contribution in [2.24, 2.45) is 0 Å². The average molecular weight is 401 g/mol. The van der Waals surface area contributed by atoms with Crippen molar-refractivity contribution < 1.29 is 13.2 Å². The Morgan fingerprint density at radius 3 is 2.36 bits per heavy atom. The molecule has 1 N–H and O–H groups in total. The van der Waals surface area contributed by atoms with Crippen molar-refractivity contribution in [1.82, 2.24) is 0 Å². The van der Waals surface area contributed by atoms with E-state index < -0.39 is 10.0 Å². The van der Waals surface area contributed by atoms with Crippen molar-refractivity contribution in [3.8, 4) is 0 Å². The molecule has 2 aromatic carbocycles. The van der Waals surface area contributed by atoms with E-state index >= 15 is 0 Å². The molecule has 0 bridgehead atoms. The van der Waals surface area contributed by atoms with E-state index in [2.05, 4.69) is 5.32 Å². The molecule has 0 saturated carbocycles. The number of benzene rings is 2. The van der Waals surface area contributed by atoms with Crippen LogP contribution in [0, 0.1) is 0 Å². The van der Waals surface area contributed by atoms with Crippen molar-refractivity contribution in [3.05, 3.63) is 58.6 Å². The van der Waals surface area contributed by atoms with Crippen LogP contribution in [-0.4, -0.2) is 27.1 Å². The second-order valence-corrected chi connectivity index (χ2v) is 8.25. The average Bonchev–Trinajstić information content (AvgIpc) is 2.52. The summed E-state index contributed by atoms with van der Waals surface area (Å²) in [4.78, 5) is 12.0. The Morgan fingerprint density at radius 2 is 1.76 bits per heavy atom. The number of nitrogens with zero attached hydrogens (tertiary/aromatic N) is 1. The summed E-state index contributed by atoms with van der Waals surface area (Å²) in [6.07, 6.45) is 1.69. The van der Waals surface area contributed by atoms with Gasteiger partial charge in [0, 0.05) is 28.7 Å². The third-order valence-corrected chi connectivity index (χ3v) is 5.07. The molecule has 2 aromatic rings. The van der Waals surface area contributed by atoms with Crippen LogP contribution >= 0.6 is 23.2 Å². The van der Waals surface area contributed by atoms with Crippen LogP contribution in [0.25, 0.3) is 0 Å². The topological polar surface area (TPSA) is 66.5 Å². The summed E-state index contributed by atoms with van der Waals surface area (Å²) in [7, 11) is -3.47. The molecular weight excluding hydrogens is 383 g/mol. The van der Waals surface area contributed by atoms with E-state index in [1.807, 2.05) is 0 Å². The number of hydrogen-bond acceptors (Lipinski definition) is 3. The summed E-state index contributed by atoms with van der Waals surface area (Å²) in [5, 5.41) is 3.78. The molecule has 134 valence electrons. The van der Waals surface area contributed by atoms with Gasteiger partial charge in [-0.05, 0) is 48.9 Å². The Balaban J connectivity index is 1.95. The Kier molecular flexibility index (Phi) is 6.70. The van der Waals surface area contributed by atoms with Crippen molar-refractivity contribution >= 4 is 50.5 Å². The fourth-order valence-electron chi connectivity index (χ4n) is 2.26. The SMILES string of the molecule is CS(=O)(=O)N(CCCC(=O)Nc1ccc(Cl)cc1)c1cccc(Cl)c1. The van der Waals surface area contributed by atoms with E-state index in [0.29, 0.717) is 27.8 Å². The first-order valence-electron chi connectivity index (χ1n) is 7.54. The molecule has 0 atom stereocenters. The highest BCUT2D eigenvalue weighted by atomic mass is 35.5. The Hall–Kier alpha value is -1.76. The molecule has 25 heavy (non-hydrogen) atoms. The van der Waals surface area contributed by atoms with E-state index in [-0.39, 0.29) is 18.9 Å². The van der Waals surface area contributed by atoms with E-state index in [1.54, 1.807) is 48.5 Å². The fourth-order valence-corrected chi connectivity index (χ4v) is 3.53.